The topological polar surface area (TPSA) is 64.3 Å². The lowest BCUT2D eigenvalue weighted by Gasteiger charge is -2.32. The van der Waals surface area contributed by atoms with Gasteiger partial charge in [-0.25, -0.2) is 4.79 Å². The Hall–Kier alpha value is -2.34. The molecule has 6 nitrogen and oxygen atoms in total. The third-order valence-corrected chi connectivity index (χ3v) is 4.55. The summed E-state index contributed by atoms with van der Waals surface area (Å²) in [7, 11) is 4.01. The molecule has 1 aromatic carbocycles. The molecule has 1 aromatic heterocycles. The SMILES string of the molecule is CN1CCCC(CN(C)C(=O)Nc2ccc(-c3ccn[nH]3)cc2)C1. The average Bonchev–Trinajstić information content (AvgIpc) is 3.10. The molecule has 128 valence electrons. The van der Waals surface area contributed by atoms with Gasteiger partial charge in [0.1, 0.15) is 0 Å². The largest absolute Gasteiger partial charge is 0.327 e. The van der Waals surface area contributed by atoms with Crippen molar-refractivity contribution in [2.75, 3.05) is 39.0 Å². The fraction of sp³-hybridized carbons (Fsp3) is 0.444. The van der Waals surface area contributed by atoms with Crippen LogP contribution in [0.1, 0.15) is 12.8 Å². The fourth-order valence-electron chi connectivity index (χ4n) is 3.26. The molecule has 0 spiro atoms. The maximum atomic E-state index is 12.4. The number of likely N-dealkylation sites (tertiary alicyclic amines) is 1. The maximum Gasteiger partial charge on any atom is 0.321 e. The van der Waals surface area contributed by atoms with E-state index in [9.17, 15) is 4.79 Å². The van der Waals surface area contributed by atoms with Crippen LogP contribution in [0.4, 0.5) is 10.5 Å². The number of carbonyl (C=O) groups is 1. The Morgan fingerprint density at radius 1 is 1.38 bits per heavy atom. The zero-order valence-electron chi connectivity index (χ0n) is 14.3. The van der Waals surface area contributed by atoms with Gasteiger partial charge in [-0.1, -0.05) is 12.1 Å². The zero-order chi connectivity index (χ0) is 16.9. The summed E-state index contributed by atoms with van der Waals surface area (Å²) in [4.78, 5) is 16.5. The first kappa shape index (κ1) is 16.5. The lowest BCUT2D eigenvalue weighted by Crippen LogP contribution is -2.41. The molecular weight excluding hydrogens is 302 g/mol. The lowest BCUT2D eigenvalue weighted by atomic mass is 9.98. The van der Waals surface area contributed by atoms with Crippen LogP contribution < -0.4 is 5.32 Å². The highest BCUT2D eigenvalue weighted by atomic mass is 16.2. The van der Waals surface area contributed by atoms with E-state index in [1.807, 2.05) is 37.4 Å². The summed E-state index contributed by atoms with van der Waals surface area (Å²) in [6.07, 6.45) is 4.13. The number of urea groups is 1. The number of amides is 2. The number of anilines is 1. The minimum absolute atomic E-state index is 0.0579. The number of piperidine rings is 1. The number of benzene rings is 1. The zero-order valence-corrected chi connectivity index (χ0v) is 14.3. The summed E-state index contributed by atoms with van der Waals surface area (Å²) in [5.41, 5.74) is 2.81. The van der Waals surface area contributed by atoms with Crippen LogP contribution in [-0.4, -0.2) is 59.8 Å². The molecule has 1 aliphatic rings. The van der Waals surface area contributed by atoms with Crippen LogP contribution in [-0.2, 0) is 0 Å². The van der Waals surface area contributed by atoms with Crippen molar-refractivity contribution in [1.29, 1.82) is 0 Å². The van der Waals surface area contributed by atoms with Crippen LogP contribution >= 0.6 is 0 Å². The summed E-state index contributed by atoms with van der Waals surface area (Å²) >= 11 is 0. The van der Waals surface area contributed by atoms with Crippen molar-refractivity contribution < 1.29 is 4.79 Å². The minimum atomic E-state index is -0.0579. The molecule has 0 bridgehead atoms. The quantitative estimate of drug-likeness (QED) is 0.907. The molecule has 1 saturated heterocycles. The van der Waals surface area contributed by atoms with Crippen molar-refractivity contribution in [1.82, 2.24) is 20.0 Å². The Morgan fingerprint density at radius 3 is 2.83 bits per heavy atom. The Labute approximate surface area is 142 Å². The summed E-state index contributed by atoms with van der Waals surface area (Å²) in [6, 6.07) is 9.63. The fourth-order valence-corrected chi connectivity index (χ4v) is 3.26. The van der Waals surface area contributed by atoms with Crippen LogP contribution in [0.5, 0.6) is 0 Å². The number of nitrogens with zero attached hydrogens (tertiary/aromatic N) is 3. The predicted octanol–water partition coefficient (Wildman–Crippen LogP) is 2.88. The molecular formula is C18H25N5O. The van der Waals surface area contributed by atoms with Gasteiger partial charge in [0.05, 0.1) is 5.69 Å². The summed E-state index contributed by atoms with van der Waals surface area (Å²) in [5, 5.41) is 9.84. The molecule has 3 rings (SSSR count). The van der Waals surface area contributed by atoms with Crippen molar-refractivity contribution in [3.63, 3.8) is 0 Å². The van der Waals surface area contributed by atoms with Gasteiger partial charge in [0.15, 0.2) is 0 Å². The molecule has 6 heteroatoms. The second-order valence-corrected chi connectivity index (χ2v) is 6.63. The monoisotopic (exact) mass is 327 g/mol. The number of H-pyrrole nitrogens is 1. The molecule has 2 aromatic rings. The first-order valence-electron chi connectivity index (χ1n) is 8.42. The predicted molar refractivity (Wildman–Crippen MR) is 95.9 cm³/mol. The Bertz CT molecular complexity index is 653. The lowest BCUT2D eigenvalue weighted by molar-refractivity contribution is 0.170. The number of hydrogen-bond acceptors (Lipinski definition) is 3. The van der Waals surface area contributed by atoms with Gasteiger partial charge in [-0.3, -0.25) is 5.10 Å². The smallest absolute Gasteiger partial charge is 0.321 e. The summed E-state index contributed by atoms with van der Waals surface area (Å²) < 4.78 is 0. The number of rotatable bonds is 4. The van der Waals surface area contributed by atoms with Crippen molar-refractivity contribution in [3.05, 3.63) is 36.5 Å². The van der Waals surface area contributed by atoms with Crippen molar-refractivity contribution in [2.24, 2.45) is 5.92 Å². The van der Waals surface area contributed by atoms with Crippen LogP contribution in [0.25, 0.3) is 11.3 Å². The highest BCUT2D eigenvalue weighted by molar-refractivity contribution is 5.89. The maximum absolute atomic E-state index is 12.4. The molecule has 1 atom stereocenters. The molecule has 1 fully saturated rings. The Balaban J connectivity index is 1.54. The number of nitrogens with one attached hydrogen (secondary N) is 2. The van der Waals surface area contributed by atoms with E-state index < -0.39 is 0 Å². The van der Waals surface area contributed by atoms with E-state index in [2.05, 4.69) is 27.5 Å². The van der Waals surface area contributed by atoms with Gasteiger partial charge in [0.25, 0.3) is 0 Å². The van der Waals surface area contributed by atoms with Gasteiger partial charge in [-0.2, -0.15) is 5.10 Å². The Kier molecular flexibility index (Phi) is 5.15. The summed E-state index contributed by atoms with van der Waals surface area (Å²) in [6.45, 7) is 3.02. The van der Waals surface area contributed by atoms with E-state index in [4.69, 9.17) is 0 Å². The third-order valence-electron chi connectivity index (χ3n) is 4.55. The molecule has 1 aliphatic heterocycles. The van der Waals surface area contributed by atoms with E-state index >= 15 is 0 Å². The second-order valence-electron chi connectivity index (χ2n) is 6.63. The Morgan fingerprint density at radius 2 is 2.17 bits per heavy atom. The molecule has 0 saturated carbocycles. The molecule has 0 aliphatic carbocycles. The normalized spacial score (nSPS) is 18.3. The van der Waals surface area contributed by atoms with Crippen molar-refractivity contribution in [3.8, 4) is 11.3 Å². The number of carbonyl (C=O) groups excluding carboxylic acids is 1. The molecule has 2 N–H and O–H groups in total. The van der Waals surface area contributed by atoms with Crippen LogP contribution in [0.15, 0.2) is 36.5 Å². The minimum Gasteiger partial charge on any atom is -0.327 e. The number of aromatic nitrogens is 2. The van der Waals surface area contributed by atoms with E-state index in [0.29, 0.717) is 5.92 Å². The first-order chi connectivity index (χ1) is 11.6. The average molecular weight is 327 g/mol. The molecule has 2 amide bonds. The van der Waals surface area contributed by atoms with Gasteiger partial charge in [-0.05, 0) is 56.1 Å². The van der Waals surface area contributed by atoms with E-state index in [0.717, 1.165) is 36.6 Å². The van der Waals surface area contributed by atoms with E-state index in [-0.39, 0.29) is 6.03 Å². The molecule has 2 heterocycles. The summed E-state index contributed by atoms with van der Waals surface area (Å²) in [5.74, 6) is 0.558. The van der Waals surface area contributed by atoms with Crippen molar-refractivity contribution >= 4 is 11.7 Å². The molecule has 24 heavy (non-hydrogen) atoms. The molecule has 1 unspecified atom stereocenters. The highest BCUT2D eigenvalue weighted by Crippen LogP contribution is 2.20. The highest BCUT2D eigenvalue weighted by Gasteiger charge is 2.20. The van der Waals surface area contributed by atoms with E-state index in [1.165, 1.54) is 12.8 Å². The van der Waals surface area contributed by atoms with Gasteiger partial charge in [0, 0.05) is 32.0 Å². The standard InChI is InChI=1S/C18H25N5O/c1-22-11-3-4-14(12-22)13-23(2)18(24)20-16-7-5-15(6-8-16)17-9-10-19-21-17/h5-10,14H,3-4,11-13H2,1-2H3,(H,19,21)(H,20,24). The van der Waals surface area contributed by atoms with Crippen LogP contribution in [0, 0.1) is 5.92 Å². The van der Waals surface area contributed by atoms with E-state index in [1.54, 1.807) is 11.1 Å². The van der Waals surface area contributed by atoms with Crippen molar-refractivity contribution in [2.45, 2.75) is 12.8 Å². The first-order valence-corrected chi connectivity index (χ1v) is 8.42. The number of hydrogen-bond donors (Lipinski definition) is 2. The number of aromatic amines is 1. The molecule has 0 radical (unpaired) electrons. The third kappa shape index (κ3) is 4.14. The van der Waals surface area contributed by atoms with Crippen LogP contribution in [0.3, 0.4) is 0 Å². The van der Waals surface area contributed by atoms with Crippen LogP contribution in [0.2, 0.25) is 0 Å². The van der Waals surface area contributed by atoms with Gasteiger partial charge in [-0.15, -0.1) is 0 Å². The van der Waals surface area contributed by atoms with Gasteiger partial charge < -0.3 is 15.1 Å². The van der Waals surface area contributed by atoms with Gasteiger partial charge >= 0.3 is 6.03 Å². The second kappa shape index (κ2) is 7.49. The van der Waals surface area contributed by atoms with Gasteiger partial charge in [0.2, 0.25) is 0 Å².